The maximum atomic E-state index is 6.06. The number of nitrogens with two attached hydrogens (primary N) is 1. The lowest BCUT2D eigenvalue weighted by Crippen LogP contribution is -2.35. The van der Waals surface area contributed by atoms with Gasteiger partial charge in [0.2, 0.25) is 0 Å². The molecular formula is C15H24N2S. The number of nitrogens with zero attached hydrogens (tertiary/aromatic N) is 1. The Morgan fingerprint density at radius 2 is 2.11 bits per heavy atom. The Morgan fingerprint density at radius 1 is 1.28 bits per heavy atom. The lowest BCUT2D eigenvalue weighted by molar-refractivity contribution is 0.217. The zero-order chi connectivity index (χ0) is 12.8. The second-order valence-corrected chi connectivity index (χ2v) is 6.03. The molecule has 18 heavy (non-hydrogen) atoms. The van der Waals surface area contributed by atoms with Crippen molar-refractivity contribution in [2.24, 2.45) is 5.73 Å². The molecule has 1 fully saturated rings. The summed E-state index contributed by atoms with van der Waals surface area (Å²) in [5.74, 6) is 2.54. The molecule has 3 heteroatoms. The van der Waals surface area contributed by atoms with Crippen molar-refractivity contribution in [1.29, 1.82) is 0 Å². The van der Waals surface area contributed by atoms with Crippen LogP contribution in [0.25, 0.3) is 0 Å². The fourth-order valence-electron chi connectivity index (χ4n) is 2.73. The van der Waals surface area contributed by atoms with Gasteiger partial charge in [0, 0.05) is 24.9 Å². The summed E-state index contributed by atoms with van der Waals surface area (Å²) < 4.78 is 0. The average molecular weight is 264 g/mol. The largest absolute Gasteiger partial charge is 0.329 e. The van der Waals surface area contributed by atoms with Crippen molar-refractivity contribution in [2.45, 2.75) is 25.8 Å². The van der Waals surface area contributed by atoms with E-state index in [1.54, 1.807) is 0 Å². The van der Waals surface area contributed by atoms with E-state index < -0.39 is 0 Å². The number of hydrogen-bond donors (Lipinski definition) is 1. The first-order valence-corrected chi connectivity index (χ1v) is 8.12. The van der Waals surface area contributed by atoms with E-state index in [4.69, 9.17) is 5.73 Å². The lowest BCUT2D eigenvalue weighted by Gasteiger charge is -2.31. The molecule has 0 bridgehead atoms. The normalized spacial score (nSPS) is 19.4. The van der Waals surface area contributed by atoms with Gasteiger partial charge in [0.1, 0.15) is 0 Å². The SMILES string of the molecule is CCc1ccccc1C(CN)N1CCCSCC1. The van der Waals surface area contributed by atoms with Gasteiger partial charge in [0.15, 0.2) is 0 Å². The first-order chi connectivity index (χ1) is 8.86. The Kier molecular flexibility index (Phi) is 5.54. The van der Waals surface area contributed by atoms with Crippen LogP contribution in [0.15, 0.2) is 24.3 Å². The zero-order valence-corrected chi connectivity index (χ0v) is 12.1. The van der Waals surface area contributed by atoms with E-state index in [1.165, 1.54) is 42.1 Å². The first kappa shape index (κ1) is 13.9. The second-order valence-electron chi connectivity index (χ2n) is 4.81. The molecule has 100 valence electrons. The molecular weight excluding hydrogens is 240 g/mol. The quantitative estimate of drug-likeness (QED) is 0.906. The first-order valence-electron chi connectivity index (χ1n) is 6.96. The minimum Gasteiger partial charge on any atom is -0.329 e. The fraction of sp³-hybridized carbons (Fsp3) is 0.600. The second kappa shape index (κ2) is 7.17. The topological polar surface area (TPSA) is 29.3 Å². The van der Waals surface area contributed by atoms with Crippen LogP contribution in [0, 0.1) is 0 Å². The van der Waals surface area contributed by atoms with Gasteiger partial charge in [0.25, 0.3) is 0 Å². The molecule has 2 rings (SSSR count). The predicted octanol–water partition coefficient (Wildman–Crippen LogP) is 2.69. The molecule has 1 heterocycles. The summed E-state index contributed by atoms with van der Waals surface area (Å²) in [7, 11) is 0. The van der Waals surface area contributed by atoms with Crippen molar-refractivity contribution >= 4 is 11.8 Å². The standard InChI is InChI=1S/C15H24N2S/c1-2-13-6-3-4-7-14(13)15(12-16)17-8-5-10-18-11-9-17/h3-4,6-7,15H,2,5,8-12,16H2,1H3. The molecule has 2 N–H and O–H groups in total. The molecule has 0 amide bonds. The van der Waals surface area contributed by atoms with Gasteiger partial charge >= 0.3 is 0 Å². The van der Waals surface area contributed by atoms with E-state index in [0.29, 0.717) is 6.04 Å². The summed E-state index contributed by atoms with van der Waals surface area (Å²) in [4.78, 5) is 2.58. The van der Waals surface area contributed by atoms with Crippen molar-refractivity contribution in [3.05, 3.63) is 35.4 Å². The monoisotopic (exact) mass is 264 g/mol. The van der Waals surface area contributed by atoms with E-state index in [2.05, 4.69) is 47.9 Å². The third-order valence-corrected chi connectivity index (χ3v) is 4.76. The highest BCUT2D eigenvalue weighted by Gasteiger charge is 2.21. The summed E-state index contributed by atoms with van der Waals surface area (Å²) in [6.45, 7) is 5.31. The highest BCUT2D eigenvalue weighted by molar-refractivity contribution is 7.99. The van der Waals surface area contributed by atoms with Crippen molar-refractivity contribution in [3.8, 4) is 0 Å². The fourth-order valence-corrected chi connectivity index (χ4v) is 3.63. The van der Waals surface area contributed by atoms with Gasteiger partial charge in [-0.1, -0.05) is 31.2 Å². The van der Waals surface area contributed by atoms with E-state index >= 15 is 0 Å². The minimum absolute atomic E-state index is 0.403. The average Bonchev–Trinajstić information content (AvgIpc) is 2.69. The molecule has 1 aliphatic rings. The number of hydrogen-bond acceptors (Lipinski definition) is 3. The Hall–Kier alpha value is -0.510. The molecule has 0 radical (unpaired) electrons. The van der Waals surface area contributed by atoms with Gasteiger partial charge in [-0.25, -0.2) is 0 Å². The van der Waals surface area contributed by atoms with Crippen LogP contribution in [-0.2, 0) is 6.42 Å². The minimum atomic E-state index is 0.403. The van der Waals surface area contributed by atoms with Crippen LogP contribution in [0.2, 0.25) is 0 Å². The highest BCUT2D eigenvalue weighted by Crippen LogP contribution is 2.26. The number of benzene rings is 1. The summed E-state index contributed by atoms with van der Waals surface area (Å²) in [6.07, 6.45) is 2.38. The maximum absolute atomic E-state index is 6.06. The maximum Gasteiger partial charge on any atom is 0.0473 e. The van der Waals surface area contributed by atoms with Crippen LogP contribution in [0.1, 0.15) is 30.5 Å². The van der Waals surface area contributed by atoms with Crippen molar-refractivity contribution in [1.82, 2.24) is 4.90 Å². The van der Waals surface area contributed by atoms with Crippen molar-refractivity contribution in [3.63, 3.8) is 0 Å². The molecule has 0 saturated carbocycles. The lowest BCUT2D eigenvalue weighted by atomic mass is 9.97. The van der Waals surface area contributed by atoms with E-state index in [0.717, 1.165) is 13.0 Å². The molecule has 1 saturated heterocycles. The smallest absolute Gasteiger partial charge is 0.0473 e. The number of rotatable bonds is 4. The summed E-state index contributed by atoms with van der Waals surface area (Å²) >= 11 is 2.07. The summed E-state index contributed by atoms with van der Waals surface area (Å²) in [5.41, 5.74) is 8.95. The molecule has 1 atom stereocenters. The highest BCUT2D eigenvalue weighted by atomic mass is 32.2. The molecule has 1 unspecified atom stereocenters. The Labute approximate surface area is 115 Å². The molecule has 0 aromatic heterocycles. The predicted molar refractivity (Wildman–Crippen MR) is 81.1 cm³/mol. The van der Waals surface area contributed by atoms with Gasteiger partial charge in [-0.05, 0) is 36.3 Å². The van der Waals surface area contributed by atoms with Gasteiger partial charge < -0.3 is 5.73 Å². The number of aryl methyl sites for hydroxylation is 1. The van der Waals surface area contributed by atoms with Gasteiger partial charge in [0.05, 0.1) is 0 Å². The van der Waals surface area contributed by atoms with Crippen molar-refractivity contribution in [2.75, 3.05) is 31.1 Å². The van der Waals surface area contributed by atoms with Gasteiger partial charge in [-0.2, -0.15) is 11.8 Å². The number of thioether (sulfide) groups is 1. The molecule has 1 aromatic rings. The van der Waals surface area contributed by atoms with E-state index in [1.807, 2.05) is 0 Å². The van der Waals surface area contributed by atoms with Gasteiger partial charge in [-0.15, -0.1) is 0 Å². The molecule has 1 aromatic carbocycles. The molecule has 2 nitrogen and oxygen atoms in total. The third kappa shape index (κ3) is 3.28. The summed E-state index contributed by atoms with van der Waals surface area (Å²) in [5, 5.41) is 0. The van der Waals surface area contributed by atoms with Crippen LogP contribution >= 0.6 is 11.8 Å². The van der Waals surface area contributed by atoms with Crippen LogP contribution < -0.4 is 5.73 Å². The Balaban J connectivity index is 2.20. The van der Waals surface area contributed by atoms with Crippen LogP contribution in [0.3, 0.4) is 0 Å². The summed E-state index contributed by atoms with van der Waals surface area (Å²) in [6, 6.07) is 9.18. The molecule has 0 spiro atoms. The Morgan fingerprint density at radius 3 is 2.89 bits per heavy atom. The van der Waals surface area contributed by atoms with E-state index in [-0.39, 0.29) is 0 Å². The Bertz CT molecular complexity index is 359. The molecule has 0 aliphatic carbocycles. The van der Waals surface area contributed by atoms with Crippen LogP contribution in [-0.4, -0.2) is 36.0 Å². The van der Waals surface area contributed by atoms with Crippen molar-refractivity contribution < 1.29 is 0 Å². The van der Waals surface area contributed by atoms with Crippen LogP contribution in [0.5, 0.6) is 0 Å². The van der Waals surface area contributed by atoms with Crippen LogP contribution in [0.4, 0.5) is 0 Å². The molecule has 1 aliphatic heterocycles. The van der Waals surface area contributed by atoms with E-state index in [9.17, 15) is 0 Å². The third-order valence-electron chi connectivity index (χ3n) is 3.72. The zero-order valence-electron chi connectivity index (χ0n) is 11.3. The van der Waals surface area contributed by atoms with Gasteiger partial charge in [-0.3, -0.25) is 4.90 Å².